The van der Waals surface area contributed by atoms with Gasteiger partial charge in [-0.15, -0.1) is 0 Å². The van der Waals surface area contributed by atoms with Gasteiger partial charge in [-0.1, -0.05) is 6.07 Å². The van der Waals surface area contributed by atoms with Gasteiger partial charge in [0.25, 0.3) is 0 Å². The summed E-state index contributed by atoms with van der Waals surface area (Å²) in [4.78, 5) is 6.40. The zero-order chi connectivity index (χ0) is 13.9. The van der Waals surface area contributed by atoms with E-state index < -0.39 is 0 Å². The summed E-state index contributed by atoms with van der Waals surface area (Å²) in [6.45, 7) is 5.49. The first-order valence-corrected chi connectivity index (χ1v) is 6.67. The van der Waals surface area contributed by atoms with Crippen molar-refractivity contribution in [3.05, 3.63) is 30.2 Å². The van der Waals surface area contributed by atoms with Gasteiger partial charge in [0.1, 0.15) is 5.52 Å². The molecule has 19 heavy (non-hydrogen) atoms. The van der Waals surface area contributed by atoms with Gasteiger partial charge in [-0.2, -0.15) is 0 Å². The smallest absolute Gasteiger partial charge is 0.181 e. The Hall–Kier alpha value is -1.39. The van der Waals surface area contributed by atoms with Crippen LogP contribution in [0.1, 0.15) is 25.8 Å². The molecule has 0 aliphatic heterocycles. The Morgan fingerprint density at radius 1 is 1.37 bits per heavy atom. The first-order chi connectivity index (χ1) is 9.03. The molecule has 2 aromatic rings. The molecule has 0 unspecified atom stereocenters. The van der Waals surface area contributed by atoms with Crippen LogP contribution in [0.4, 0.5) is 0 Å². The first kappa shape index (κ1) is 14.0. The number of benzene rings is 1. The molecule has 0 saturated carbocycles. The van der Waals surface area contributed by atoms with Crippen LogP contribution < -0.4 is 0 Å². The Balaban J connectivity index is 1.97. The minimum Gasteiger partial charge on any atom is -0.443 e. The summed E-state index contributed by atoms with van der Waals surface area (Å²) < 4.78 is 5.31. The van der Waals surface area contributed by atoms with Gasteiger partial charge < -0.3 is 14.4 Å². The summed E-state index contributed by atoms with van der Waals surface area (Å²) in [7, 11) is 2.10. The maximum Gasteiger partial charge on any atom is 0.181 e. The van der Waals surface area contributed by atoms with Crippen LogP contribution in [0, 0.1) is 0 Å². The second kappa shape index (κ2) is 5.72. The topological polar surface area (TPSA) is 49.5 Å². The fourth-order valence-corrected chi connectivity index (χ4v) is 2.12. The highest BCUT2D eigenvalue weighted by Gasteiger charge is 2.22. The SMILES string of the molecule is CN(CCc1ccc2ncoc2c1)C(C)(C)CCO. The average molecular weight is 262 g/mol. The zero-order valence-corrected chi connectivity index (χ0v) is 11.9. The summed E-state index contributed by atoms with van der Waals surface area (Å²) >= 11 is 0. The Morgan fingerprint density at radius 3 is 2.89 bits per heavy atom. The number of fused-ring (bicyclic) bond motifs is 1. The molecule has 1 heterocycles. The molecule has 1 aromatic carbocycles. The quantitative estimate of drug-likeness (QED) is 0.869. The molecular weight excluding hydrogens is 240 g/mol. The van der Waals surface area contributed by atoms with Crippen molar-refractivity contribution in [1.82, 2.24) is 9.88 Å². The van der Waals surface area contributed by atoms with Crippen molar-refractivity contribution >= 4 is 11.1 Å². The maximum absolute atomic E-state index is 9.08. The number of likely N-dealkylation sites (N-methyl/N-ethyl adjacent to an activating group) is 1. The van der Waals surface area contributed by atoms with E-state index in [2.05, 4.69) is 42.9 Å². The van der Waals surface area contributed by atoms with Gasteiger partial charge >= 0.3 is 0 Å². The highest BCUT2D eigenvalue weighted by molar-refractivity contribution is 5.72. The molecule has 0 amide bonds. The summed E-state index contributed by atoms with van der Waals surface area (Å²) in [5.74, 6) is 0. The van der Waals surface area contributed by atoms with E-state index in [9.17, 15) is 0 Å². The lowest BCUT2D eigenvalue weighted by molar-refractivity contribution is 0.118. The van der Waals surface area contributed by atoms with Gasteiger partial charge in [-0.3, -0.25) is 0 Å². The van der Waals surface area contributed by atoms with Gasteiger partial charge in [0, 0.05) is 18.7 Å². The van der Waals surface area contributed by atoms with Gasteiger partial charge in [-0.25, -0.2) is 4.98 Å². The van der Waals surface area contributed by atoms with E-state index in [-0.39, 0.29) is 12.1 Å². The number of hydrogen-bond acceptors (Lipinski definition) is 4. The van der Waals surface area contributed by atoms with Crippen LogP contribution in [0.5, 0.6) is 0 Å². The molecule has 0 fully saturated rings. The predicted octanol–water partition coefficient (Wildman–Crippen LogP) is 2.46. The third-order valence-electron chi connectivity index (χ3n) is 3.89. The molecule has 104 valence electrons. The molecule has 4 nitrogen and oxygen atoms in total. The zero-order valence-electron chi connectivity index (χ0n) is 11.9. The number of oxazole rings is 1. The molecule has 1 aromatic heterocycles. The van der Waals surface area contributed by atoms with Crippen molar-refractivity contribution in [1.29, 1.82) is 0 Å². The summed E-state index contributed by atoms with van der Waals surface area (Å²) in [6, 6.07) is 6.14. The van der Waals surface area contributed by atoms with Crippen LogP contribution in [0.15, 0.2) is 29.0 Å². The number of aromatic nitrogens is 1. The highest BCUT2D eigenvalue weighted by Crippen LogP contribution is 2.18. The molecule has 0 spiro atoms. The molecule has 1 N–H and O–H groups in total. The van der Waals surface area contributed by atoms with E-state index in [1.54, 1.807) is 0 Å². The summed E-state index contributed by atoms with van der Waals surface area (Å²) in [6.07, 6.45) is 3.22. The molecule has 0 saturated heterocycles. The third-order valence-corrected chi connectivity index (χ3v) is 3.89. The van der Waals surface area contributed by atoms with Crippen LogP contribution in [0.2, 0.25) is 0 Å². The molecule has 0 bridgehead atoms. The minimum atomic E-state index is 0.0189. The van der Waals surface area contributed by atoms with E-state index in [0.717, 1.165) is 30.5 Å². The lowest BCUT2D eigenvalue weighted by Gasteiger charge is -2.35. The molecule has 0 aliphatic rings. The predicted molar refractivity (Wildman–Crippen MR) is 76.1 cm³/mol. The van der Waals surface area contributed by atoms with Crippen LogP contribution in [-0.2, 0) is 6.42 Å². The van der Waals surface area contributed by atoms with Crippen LogP contribution >= 0.6 is 0 Å². The van der Waals surface area contributed by atoms with Gasteiger partial charge in [0.05, 0.1) is 0 Å². The van der Waals surface area contributed by atoms with E-state index in [4.69, 9.17) is 9.52 Å². The van der Waals surface area contributed by atoms with Crippen molar-refractivity contribution in [2.45, 2.75) is 32.2 Å². The van der Waals surface area contributed by atoms with Crippen molar-refractivity contribution < 1.29 is 9.52 Å². The first-order valence-electron chi connectivity index (χ1n) is 6.67. The number of rotatable bonds is 6. The molecule has 0 radical (unpaired) electrons. The van der Waals surface area contributed by atoms with Gasteiger partial charge in [0.2, 0.25) is 0 Å². The number of nitrogens with zero attached hydrogens (tertiary/aromatic N) is 2. The standard InChI is InChI=1S/C15H22N2O2/c1-15(2,7-9-18)17(3)8-6-12-4-5-13-14(10-12)19-11-16-13/h4-5,10-11,18H,6-9H2,1-3H3. The fraction of sp³-hybridized carbons (Fsp3) is 0.533. The Morgan fingerprint density at radius 2 is 2.16 bits per heavy atom. The molecule has 2 rings (SSSR count). The summed E-state index contributed by atoms with van der Waals surface area (Å²) in [5.41, 5.74) is 3.01. The van der Waals surface area contributed by atoms with Crippen molar-refractivity contribution in [2.24, 2.45) is 0 Å². The maximum atomic E-state index is 9.08. The van der Waals surface area contributed by atoms with E-state index >= 15 is 0 Å². The highest BCUT2D eigenvalue weighted by atomic mass is 16.3. The molecular formula is C15H22N2O2. The Bertz CT molecular complexity index is 534. The number of aliphatic hydroxyl groups excluding tert-OH is 1. The number of aliphatic hydroxyl groups is 1. The second-order valence-corrected chi connectivity index (χ2v) is 5.61. The monoisotopic (exact) mass is 262 g/mol. The van der Waals surface area contributed by atoms with Crippen LogP contribution in [0.3, 0.4) is 0 Å². The van der Waals surface area contributed by atoms with Gasteiger partial charge in [-0.05, 0) is 51.4 Å². The largest absolute Gasteiger partial charge is 0.443 e. The summed E-state index contributed by atoms with van der Waals surface area (Å²) in [5, 5.41) is 9.08. The Kier molecular flexibility index (Phi) is 4.22. The van der Waals surface area contributed by atoms with Crippen molar-refractivity contribution in [3.8, 4) is 0 Å². The fourth-order valence-electron chi connectivity index (χ4n) is 2.12. The average Bonchev–Trinajstić information content (AvgIpc) is 2.83. The molecule has 0 aliphatic carbocycles. The van der Waals surface area contributed by atoms with E-state index in [0.29, 0.717) is 0 Å². The van der Waals surface area contributed by atoms with E-state index in [1.165, 1.54) is 12.0 Å². The van der Waals surface area contributed by atoms with Gasteiger partial charge in [0.15, 0.2) is 12.0 Å². The lowest BCUT2D eigenvalue weighted by Crippen LogP contribution is -2.42. The minimum absolute atomic E-state index is 0.0189. The number of hydrogen-bond donors (Lipinski definition) is 1. The molecule has 4 heteroatoms. The lowest BCUT2D eigenvalue weighted by atomic mass is 9.98. The molecule has 0 atom stereocenters. The van der Waals surface area contributed by atoms with Crippen molar-refractivity contribution in [3.63, 3.8) is 0 Å². The van der Waals surface area contributed by atoms with Crippen LogP contribution in [0.25, 0.3) is 11.1 Å². The van der Waals surface area contributed by atoms with Crippen molar-refractivity contribution in [2.75, 3.05) is 20.2 Å². The van der Waals surface area contributed by atoms with E-state index in [1.807, 2.05) is 6.07 Å². The Labute approximate surface area is 114 Å². The normalized spacial score (nSPS) is 12.5. The van der Waals surface area contributed by atoms with Crippen LogP contribution in [-0.4, -0.2) is 40.7 Å². The third kappa shape index (κ3) is 3.33. The second-order valence-electron chi connectivity index (χ2n) is 5.61.